The second kappa shape index (κ2) is 8.89. The van der Waals surface area contributed by atoms with Crippen molar-refractivity contribution in [3.8, 4) is 11.5 Å². The number of rotatable bonds is 8. The molecule has 1 aromatic carbocycles. The van der Waals surface area contributed by atoms with Crippen molar-refractivity contribution in [1.29, 1.82) is 0 Å². The van der Waals surface area contributed by atoms with Crippen molar-refractivity contribution >= 4 is 17.7 Å². The molecular weight excluding hydrogens is 344 g/mol. The summed E-state index contributed by atoms with van der Waals surface area (Å²) in [5.74, 6) is 0.881. The third kappa shape index (κ3) is 4.88. The van der Waals surface area contributed by atoms with Crippen molar-refractivity contribution in [3.63, 3.8) is 0 Å². The van der Waals surface area contributed by atoms with Crippen molar-refractivity contribution in [2.24, 2.45) is 0 Å². The zero-order valence-electron chi connectivity index (χ0n) is 15.4. The lowest BCUT2D eigenvalue weighted by atomic mass is 10.2. The summed E-state index contributed by atoms with van der Waals surface area (Å²) in [5, 5.41) is 0. The van der Waals surface area contributed by atoms with Gasteiger partial charge in [0.2, 0.25) is 0 Å². The maximum absolute atomic E-state index is 12.0. The molecule has 140 valence electrons. The Morgan fingerprint density at radius 2 is 2.11 bits per heavy atom. The molecule has 2 heterocycles. The van der Waals surface area contributed by atoms with Crippen molar-refractivity contribution in [2.45, 2.75) is 20.0 Å². The van der Waals surface area contributed by atoms with Gasteiger partial charge in [0.05, 0.1) is 19.4 Å². The van der Waals surface area contributed by atoms with Crippen LogP contribution in [0, 0.1) is 0 Å². The molecule has 0 aliphatic heterocycles. The van der Waals surface area contributed by atoms with Gasteiger partial charge >= 0.3 is 5.97 Å². The van der Waals surface area contributed by atoms with Gasteiger partial charge in [0.15, 0.2) is 11.5 Å². The first-order valence-corrected chi connectivity index (χ1v) is 8.78. The molecule has 27 heavy (non-hydrogen) atoms. The number of pyridine rings is 1. The first-order chi connectivity index (χ1) is 13.2. The predicted octanol–water partition coefficient (Wildman–Crippen LogP) is 3.89. The summed E-state index contributed by atoms with van der Waals surface area (Å²) in [7, 11) is 1.59. The van der Waals surface area contributed by atoms with E-state index < -0.39 is 5.97 Å². The molecule has 0 N–H and O–H groups in total. The van der Waals surface area contributed by atoms with E-state index in [9.17, 15) is 4.79 Å². The molecule has 0 saturated heterocycles. The van der Waals surface area contributed by atoms with Gasteiger partial charge in [-0.15, -0.1) is 0 Å². The number of carbonyl (C=O) groups excluding carboxylic acids is 1. The minimum Gasteiger partial charge on any atom is -0.493 e. The molecule has 3 aromatic rings. The van der Waals surface area contributed by atoms with E-state index in [4.69, 9.17) is 14.2 Å². The summed E-state index contributed by atoms with van der Waals surface area (Å²) in [6, 6.07) is 11.2. The van der Waals surface area contributed by atoms with Crippen LogP contribution in [0.25, 0.3) is 11.7 Å². The summed E-state index contributed by atoms with van der Waals surface area (Å²) in [6.07, 6.45) is 7.72. The number of nitrogens with zero attached hydrogens (tertiary/aromatic N) is 2. The molecule has 2 aromatic heterocycles. The summed E-state index contributed by atoms with van der Waals surface area (Å²) < 4.78 is 18.1. The smallest absolute Gasteiger partial charge is 0.331 e. The minimum absolute atomic E-state index is 0.123. The molecule has 0 radical (unpaired) electrons. The van der Waals surface area contributed by atoms with Gasteiger partial charge in [0.1, 0.15) is 12.3 Å². The monoisotopic (exact) mass is 366 g/mol. The van der Waals surface area contributed by atoms with Crippen LogP contribution in [0.1, 0.15) is 24.6 Å². The molecule has 0 aliphatic carbocycles. The van der Waals surface area contributed by atoms with Gasteiger partial charge in [-0.1, -0.05) is 19.1 Å². The van der Waals surface area contributed by atoms with E-state index in [0.29, 0.717) is 23.8 Å². The van der Waals surface area contributed by atoms with Crippen molar-refractivity contribution in [3.05, 3.63) is 66.1 Å². The lowest BCUT2D eigenvalue weighted by molar-refractivity contribution is -0.139. The molecule has 0 bridgehead atoms. The van der Waals surface area contributed by atoms with Gasteiger partial charge in [-0.25, -0.2) is 9.78 Å². The van der Waals surface area contributed by atoms with Crippen molar-refractivity contribution < 1.29 is 19.0 Å². The SMILES string of the molecule is CCCOc1ccc(/C=C/C(=O)OCc2cn3ccccc3n2)cc1OC. The third-order valence-electron chi connectivity index (χ3n) is 3.84. The van der Waals surface area contributed by atoms with E-state index in [1.54, 1.807) is 13.2 Å². The molecule has 3 rings (SSSR count). The summed E-state index contributed by atoms with van der Waals surface area (Å²) in [4.78, 5) is 16.4. The normalized spacial score (nSPS) is 11.0. The molecule has 0 fully saturated rings. The van der Waals surface area contributed by atoms with E-state index in [-0.39, 0.29) is 6.61 Å². The van der Waals surface area contributed by atoms with E-state index in [2.05, 4.69) is 4.98 Å². The Bertz CT molecular complexity index is 913. The molecule has 0 amide bonds. The highest BCUT2D eigenvalue weighted by molar-refractivity contribution is 5.87. The summed E-state index contributed by atoms with van der Waals surface area (Å²) >= 11 is 0. The molecule has 0 saturated carbocycles. The fourth-order valence-corrected chi connectivity index (χ4v) is 2.53. The Balaban J connectivity index is 1.59. The number of methoxy groups -OCH3 is 1. The van der Waals surface area contributed by atoms with Crippen molar-refractivity contribution in [2.75, 3.05) is 13.7 Å². The zero-order valence-corrected chi connectivity index (χ0v) is 15.4. The lowest BCUT2D eigenvalue weighted by Gasteiger charge is -2.10. The number of hydrogen-bond donors (Lipinski definition) is 0. The third-order valence-corrected chi connectivity index (χ3v) is 3.84. The standard InChI is InChI=1S/C21H22N2O4/c1-3-12-26-18-9-7-16(13-19(18)25-2)8-10-21(24)27-15-17-14-23-11-5-4-6-20(23)22-17/h4-11,13-14H,3,12,15H2,1-2H3/b10-8+. The number of fused-ring (bicyclic) bond motifs is 1. The van der Waals surface area contributed by atoms with E-state index >= 15 is 0 Å². The van der Waals surface area contributed by atoms with E-state index in [0.717, 1.165) is 17.6 Å². The lowest BCUT2D eigenvalue weighted by Crippen LogP contribution is -2.01. The number of aromatic nitrogens is 2. The highest BCUT2D eigenvalue weighted by atomic mass is 16.5. The van der Waals surface area contributed by atoms with E-state index in [1.165, 1.54) is 6.08 Å². The van der Waals surface area contributed by atoms with Crippen LogP contribution < -0.4 is 9.47 Å². The van der Waals surface area contributed by atoms with Crippen LogP contribution in [0.15, 0.2) is 54.9 Å². The fraction of sp³-hybridized carbons (Fsp3) is 0.238. The second-order valence-electron chi connectivity index (χ2n) is 5.90. The minimum atomic E-state index is -0.433. The number of esters is 1. The fourth-order valence-electron chi connectivity index (χ4n) is 2.53. The van der Waals surface area contributed by atoms with Crippen LogP contribution in [0.4, 0.5) is 0 Å². The molecule has 0 spiro atoms. The van der Waals surface area contributed by atoms with Gasteiger partial charge in [0, 0.05) is 18.5 Å². The molecular formula is C21H22N2O4. The summed E-state index contributed by atoms with van der Waals surface area (Å²) in [6.45, 7) is 2.79. The molecule has 6 nitrogen and oxygen atoms in total. The zero-order chi connectivity index (χ0) is 19.1. The highest BCUT2D eigenvalue weighted by Crippen LogP contribution is 2.28. The second-order valence-corrected chi connectivity index (χ2v) is 5.90. The highest BCUT2D eigenvalue weighted by Gasteiger charge is 2.06. The Kier molecular flexibility index (Phi) is 6.10. The maximum atomic E-state index is 12.0. The Morgan fingerprint density at radius 3 is 2.89 bits per heavy atom. The van der Waals surface area contributed by atoms with Crippen LogP contribution in [0.5, 0.6) is 11.5 Å². The average molecular weight is 366 g/mol. The Hall–Kier alpha value is -3.28. The maximum Gasteiger partial charge on any atom is 0.331 e. The summed E-state index contributed by atoms with van der Waals surface area (Å²) in [5.41, 5.74) is 2.33. The van der Waals surface area contributed by atoms with Gasteiger partial charge < -0.3 is 18.6 Å². The first kappa shape index (κ1) is 18.5. The van der Waals surface area contributed by atoms with Crippen LogP contribution in [-0.2, 0) is 16.1 Å². The van der Waals surface area contributed by atoms with E-state index in [1.807, 2.05) is 60.1 Å². The van der Waals surface area contributed by atoms with Crippen LogP contribution in [0.3, 0.4) is 0 Å². The molecule has 6 heteroatoms. The van der Waals surface area contributed by atoms with Crippen molar-refractivity contribution in [1.82, 2.24) is 9.38 Å². The first-order valence-electron chi connectivity index (χ1n) is 8.78. The largest absolute Gasteiger partial charge is 0.493 e. The number of ether oxygens (including phenoxy) is 3. The van der Waals surface area contributed by atoms with Crippen LogP contribution >= 0.6 is 0 Å². The van der Waals surface area contributed by atoms with Gasteiger partial charge in [-0.05, 0) is 42.3 Å². The number of hydrogen-bond acceptors (Lipinski definition) is 5. The average Bonchev–Trinajstić information content (AvgIpc) is 3.12. The van der Waals surface area contributed by atoms with Gasteiger partial charge in [-0.3, -0.25) is 0 Å². The topological polar surface area (TPSA) is 62.1 Å². The van der Waals surface area contributed by atoms with Gasteiger partial charge in [-0.2, -0.15) is 0 Å². The quantitative estimate of drug-likeness (QED) is 0.447. The predicted molar refractivity (Wildman–Crippen MR) is 103 cm³/mol. The van der Waals surface area contributed by atoms with Crippen LogP contribution in [0.2, 0.25) is 0 Å². The molecule has 0 aliphatic rings. The molecule has 0 unspecified atom stereocenters. The Morgan fingerprint density at radius 1 is 1.22 bits per heavy atom. The Labute approximate surface area is 158 Å². The van der Waals surface area contributed by atoms with Crippen LogP contribution in [-0.4, -0.2) is 29.1 Å². The number of imidazole rings is 1. The van der Waals surface area contributed by atoms with Gasteiger partial charge in [0.25, 0.3) is 0 Å². The number of carbonyl (C=O) groups is 1. The molecule has 0 atom stereocenters. The number of benzene rings is 1.